The Kier molecular flexibility index (Phi) is 6.57. The Bertz CT molecular complexity index is 179. The van der Waals surface area contributed by atoms with Gasteiger partial charge in [-0.3, -0.25) is 0 Å². The van der Waals surface area contributed by atoms with E-state index in [1.165, 1.54) is 19.3 Å². The first-order valence-corrected chi connectivity index (χ1v) is 9.42. The quantitative estimate of drug-likeness (QED) is 0.549. The third-order valence-electron chi connectivity index (χ3n) is 3.56. The average Bonchev–Trinajstić information content (AvgIpc) is 2.30. The first kappa shape index (κ1) is 14.2. The first-order valence-electron chi connectivity index (χ1n) is 6.54. The molecule has 1 N–H and O–H groups in total. The van der Waals surface area contributed by atoms with Crippen LogP contribution >= 0.6 is 0 Å². The zero-order valence-corrected chi connectivity index (χ0v) is 11.9. The predicted molar refractivity (Wildman–Crippen MR) is 68.5 cm³/mol. The van der Waals surface area contributed by atoms with Crippen molar-refractivity contribution in [1.82, 2.24) is 0 Å². The molecule has 0 aromatic heterocycles. The van der Waals surface area contributed by atoms with Gasteiger partial charge in [0.15, 0.2) is 0 Å². The van der Waals surface area contributed by atoms with E-state index in [-0.39, 0.29) is 11.8 Å². The molecule has 16 heavy (non-hydrogen) atoms. The molecule has 1 unspecified atom stereocenters. The van der Waals surface area contributed by atoms with E-state index < -0.39 is 8.80 Å². The van der Waals surface area contributed by atoms with Gasteiger partial charge in [-0.25, -0.2) is 0 Å². The molecule has 4 heteroatoms. The van der Waals surface area contributed by atoms with Crippen LogP contribution in [0.4, 0.5) is 0 Å². The topological polar surface area (TPSA) is 38.7 Å². The fourth-order valence-corrected chi connectivity index (χ4v) is 4.47. The molecule has 0 bridgehead atoms. The van der Waals surface area contributed by atoms with Crippen molar-refractivity contribution in [2.45, 2.75) is 50.4 Å². The summed E-state index contributed by atoms with van der Waals surface area (Å²) in [5.74, 6) is 0. The molecule has 1 fully saturated rings. The molecule has 0 saturated carbocycles. The zero-order valence-electron chi connectivity index (χ0n) is 10.7. The van der Waals surface area contributed by atoms with Crippen LogP contribution in [-0.4, -0.2) is 45.6 Å². The van der Waals surface area contributed by atoms with Crippen molar-refractivity contribution >= 4 is 8.80 Å². The van der Waals surface area contributed by atoms with E-state index in [1.807, 2.05) is 0 Å². The van der Waals surface area contributed by atoms with Crippen molar-refractivity contribution < 1.29 is 14.6 Å². The molecule has 1 aliphatic rings. The first-order chi connectivity index (χ1) is 7.71. The van der Waals surface area contributed by atoms with Crippen LogP contribution in [0.15, 0.2) is 0 Å². The Morgan fingerprint density at radius 1 is 1.31 bits per heavy atom. The SMILES string of the molecule is C[SiH](C)C1(CCCOCCO)CCCCO1. The summed E-state index contributed by atoms with van der Waals surface area (Å²) < 4.78 is 11.4. The number of hydrogen-bond acceptors (Lipinski definition) is 3. The molecular weight excluding hydrogens is 220 g/mol. The van der Waals surface area contributed by atoms with Crippen LogP contribution in [0.2, 0.25) is 13.1 Å². The van der Waals surface area contributed by atoms with E-state index in [1.54, 1.807) is 0 Å². The van der Waals surface area contributed by atoms with Crippen LogP contribution < -0.4 is 0 Å². The third-order valence-corrected chi connectivity index (χ3v) is 6.41. The normalized spacial score (nSPS) is 26.2. The predicted octanol–water partition coefficient (Wildman–Crippen LogP) is 1.74. The molecule has 1 aliphatic heterocycles. The standard InChI is InChI=1S/C12H26O3Si/c1-16(2)12(6-3-4-10-15-12)7-5-9-14-11-8-13/h13,16H,3-11H2,1-2H3. The number of rotatable bonds is 7. The van der Waals surface area contributed by atoms with Gasteiger partial charge in [0.05, 0.1) is 27.2 Å². The highest BCUT2D eigenvalue weighted by atomic mass is 28.3. The molecule has 0 amide bonds. The Morgan fingerprint density at radius 2 is 2.12 bits per heavy atom. The Hall–Kier alpha value is 0.0969. The number of ether oxygens (including phenoxy) is 2. The lowest BCUT2D eigenvalue weighted by molar-refractivity contribution is -0.0335. The third kappa shape index (κ3) is 4.16. The van der Waals surface area contributed by atoms with Gasteiger partial charge in [0.2, 0.25) is 0 Å². The van der Waals surface area contributed by atoms with E-state index in [0.717, 1.165) is 26.1 Å². The maximum Gasteiger partial charge on any atom is 0.0697 e. The average molecular weight is 246 g/mol. The van der Waals surface area contributed by atoms with E-state index in [0.29, 0.717) is 6.61 Å². The highest BCUT2D eigenvalue weighted by molar-refractivity contribution is 6.59. The van der Waals surface area contributed by atoms with Crippen molar-refractivity contribution in [2.24, 2.45) is 0 Å². The van der Waals surface area contributed by atoms with Crippen LogP contribution in [0.25, 0.3) is 0 Å². The maximum absolute atomic E-state index is 8.61. The van der Waals surface area contributed by atoms with Crippen LogP contribution in [0, 0.1) is 0 Å². The second kappa shape index (κ2) is 7.43. The van der Waals surface area contributed by atoms with Gasteiger partial charge in [-0.15, -0.1) is 0 Å². The summed E-state index contributed by atoms with van der Waals surface area (Å²) in [6.07, 6.45) is 6.00. The lowest BCUT2D eigenvalue weighted by atomic mass is 10.0. The minimum Gasteiger partial charge on any atom is -0.394 e. The smallest absolute Gasteiger partial charge is 0.0697 e. The number of hydrogen-bond donors (Lipinski definition) is 1. The van der Waals surface area contributed by atoms with Gasteiger partial charge in [0.25, 0.3) is 0 Å². The minimum atomic E-state index is -0.774. The fourth-order valence-electron chi connectivity index (χ4n) is 2.46. The van der Waals surface area contributed by atoms with Crippen molar-refractivity contribution in [3.05, 3.63) is 0 Å². The monoisotopic (exact) mass is 246 g/mol. The summed E-state index contributed by atoms with van der Waals surface area (Å²) in [4.78, 5) is 0. The number of aliphatic hydroxyl groups is 1. The Morgan fingerprint density at radius 3 is 2.69 bits per heavy atom. The van der Waals surface area contributed by atoms with Crippen LogP contribution in [0.5, 0.6) is 0 Å². The van der Waals surface area contributed by atoms with Crippen molar-refractivity contribution in [2.75, 3.05) is 26.4 Å². The molecule has 1 heterocycles. The molecule has 1 rings (SSSR count). The highest BCUT2D eigenvalue weighted by Crippen LogP contribution is 2.32. The molecule has 3 nitrogen and oxygen atoms in total. The van der Waals surface area contributed by atoms with E-state index in [4.69, 9.17) is 14.6 Å². The van der Waals surface area contributed by atoms with E-state index in [2.05, 4.69) is 13.1 Å². The number of aliphatic hydroxyl groups excluding tert-OH is 1. The molecule has 0 aliphatic carbocycles. The van der Waals surface area contributed by atoms with Gasteiger partial charge in [-0.1, -0.05) is 13.1 Å². The highest BCUT2D eigenvalue weighted by Gasteiger charge is 2.36. The summed E-state index contributed by atoms with van der Waals surface area (Å²) >= 11 is 0. The van der Waals surface area contributed by atoms with Gasteiger partial charge in [0.1, 0.15) is 0 Å². The van der Waals surface area contributed by atoms with Gasteiger partial charge >= 0.3 is 0 Å². The van der Waals surface area contributed by atoms with Crippen LogP contribution in [0.3, 0.4) is 0 Å². The second-order valence-electron chi connectivity index (χ2n) is 4.96. The minimum absolute atomic E-state index is 0.126. The molecule has 1 atom stereocenters. The molecule has 0 aromatic carbocycles. The summed E-state index contributed by atoms with van der Waals surface area (Å²) in [6, 6.07) is 0. The van der Waals surface area contributed by atoms with Crippen molar-refractivity contribution in [1.29, 1.82) is 0 Å². The summed E-state index contributed by atoms with van der Waals surface area (Å²) in [6.45, 7) is 7.07. The van der Waals surface area contributed by atoms with Gasteiger partial charge in [-0.05, 0) is 32.1 Å². The van der Waals surface area contributed by atoms with Gasteiger partial charge < -0.3 is 14.6 Å². The molecule has 0 spiro atoms. The molecule has 1 saturated heterocycles. The van der Waals surface area contributed by atoms with E-state index >= 15 is 0 Å². The van der Waals surface area contributed by atoms with Crippen LogP contribution in [0.1, 0.15) is 32.1 Å². The lowest BCUT2D eigenvalue weighted by Gasteiger charge is -2.40. The maximum atomic E-state index is 8.61. The molecule has 0 aromatic rings. The van der Waals surface area contributed by atoms with Crippen molar-refractivity contribution in [3.8, 4) is 0 Å². The van der Waals surface area contributed by atoms with E-state index in [9.17, 15) is 0 Å². The van der Waals surface area contributed by atoms with Gasteiger partial charge in [0, 0.05) is 13.2 Å². The lowest BCUT2D eigenvalue weighted by Crippen LogP contribution is -2.47. The van der Waals surface area contributed by atoms with Gasteiger partial charge in [-0.2, -0.15) is 0 Å². The summed E-state index contributed by atoms with van der Waals surface area (Å²) in [5.41, 5.74) is 0. The molecular formula is C12H26O3Si. The summed E-state index contributed by atoms with van der Waals surface area (Å²) in [7, 11) is -0.774. The largest absolute Gasteiger partial charge is 0.394 e. The Labute approximate surface area is 101 Å². The molecule has 96 valence electrons. The summed E-state index contributed by atoms with van der Waals surface area (Å²) in [5, 5.41) is 8.83. The second-order valence-corrected chi connectivity index (χ2v) is 8.33. The fraction of sp³-hybridized carbons (Fsp3) is 1.00. The van der Waals surface area contributed by atoms with Crippen molar-refractivity contribution in [3.63, 3.8) is 0 Å². The zero-order chi connectivity index (χ0) is 11.9. The van der Waals surface area contributed by atoms with Crippen LogP contribution in [-0.2, 0) is 9.47 Å². The molecule has 0 radical (unpaired) electrons. The Balaban J connectivity index is 2.27.